The Hall–Kier alpha value is -1.72. The molecule has 2 aliphatic heterocycles. The van der Waals surface area contributed by atoms with Crippen LogP contribution in [0.25, 0.3) is 0 Å². The third kappa shape index (κ3) is 6.38. The van der Waals surface area contributed by atoms with Gasteiger partial charge in [-0.1, -0.05) is 12.8 Å². The molecule has 2 aliphatic rings. The Balaban J connectivity index is 0.00000150. The van der Waals surface area contributed by atoms with Crippen molar-refractivity contribution in [2.24, 2.45) is 0 Å². The van der Waals surface area contributed by atoms with E-state index in [0.29, 0.717) is 5.95 Å². The van der Waals surface area contributed by atoms with Gasteiger partial charge in [-0.25, -0.2) is 4.98 Å². The second-order valence-corrected chi connectivity index (χ2v) is 7.81. The van der Waals surface area contributed by atoms with Gasteiger partial charge in [0, 0.05) is 49.3 Å². The second-order valence-electron chi connectivity index (χ2n) is 7.81. The van der Waals surface area contributed by atoms with E-state index in [-0.39, 0.29) is 24.8 Å². The fraction of sp³-hybridized carbons (Fsp3) is 0.545. The van der Waals surface area contributed by atoms with Crippen LogP contribution in [-0.2, 0) is 0 Å². The van der Waals surface area contributed by atoms with Gasteiger partial charge in [-0.05, 0) is 63.3 Å². The largest absolute Gasteiger partial charge is 0.372 e. The first kappa shape index (κ1) is 23.6. The predicted molar refractivity (Wildman–Crippen MR) is 128 cm³/mol. The molecule has 1 aromatic carbocycles. The van der Waals surface area contributed by atoms with E-state index in [1.165, 1.54) is 63.7 Å². The second kappa shape index (κ2) is 11.5. The molecule has 2 aromatic rings. The molecule has 0 atom stereocenters. The Morgan fingerprint density at radius 2 is 1.28 bits per heavy atom. The van der Waals surface area contributed by atoms with Gasteiger partial charge >= 0.3 is 0 Å². The van der Waals surface area contributed by atoms with Gasteiger partial charge in [0.15, 0.2) is 0 Å². The minimum Gasteiger partial charge on any atom is -0.372 e. The number of hydrogen-bond donors (Lipinski definition) is 1. The van der Waals surface area contributed by atoms with Crippen molar-refractivity contribution < 1.29 is 0 Å². The molecule has 0 saturated carbocycles. The number of halogens is 2. The summed E-state index contributed by atoms with van der Waals surface area (Å²) in [4.78, 5) is 14.3. The molecule has 4 rings (SSSR count). The van der Waals surface area contributed by atoms with Gasteiger partial charge in [-0.3, -0.25) is 0 Å². The minimum absolute atomic E-state index is 0. The number of nitrogens with zero attached hydrogens (tertiary/aromatic N) is 4. The number of anilines is 4. The Morgan fingerprint density at radius 3 is 1.90 bits per heavy atom. The van der Waals surface area contributed by atoms with Crippen LogP contribution in [0.2, 0.25) is 0 Å². The number of aryl methyl sites for hydroxylation is 1. The summed E-state index contributed by atoms with van der Waals surface area (Å²) in [6.45, 7) is 6.59. The summed E-state index contributed by atoms with van der Waals surface area (Å²) in [5.74, 6) is 1.75. The zero-order valence-corrected chi connectivity index (χ0v) is 18.9. The maximum atomic E-state index is 4.80. The van der Waals surface area contributed by atoms with E-state index < -0.39 is 0 Å². The van der Waals surface area contributed by atoms with Gasteiger partial charge in [-0.15, -0.1) is 24.8 Å². The zero-order valence-electron chi connectivity index (χ0n) is 17.3. The molecule has 2 saturated heterocycles. The van der Waals surface area contributed by atoms with Crippen LogP contribution in [0.3, 0.4) is 0 Å². The number of benzene rings is 1. The van der Waals surface area contributed by atoms with E-state index in [0.717, 1.165) is 30.3 Å². The van der Waals surface area contributed by atoms with E-state index in [4.69, 9.17) is 4.98 Å². The highest BCUT2D eigenvalue weighted by Crippen LogP contribution is 2.24. The molecule has 5 nitrogen and oxygen atoms in total. The van der Waals surface area contributed by atoms with Gasteiger partial charge in [0.25, 0.3) is 0 Å². The smallest absolute Gasteiger partial charge is 0.229 e. The molecule has 0 amide bonds. The Labute approximate surface area is 187 Å². The molecule has 0 radical (unpaired) electrons. The first-order valence-corrected chi connectivity index (χ1v) is 10.5. The van der Waals surface area contributed by atoms with Crippen LogP contribution in [0.4, 0.5) is 23.1 Å². The lowest BCUT2D eigenvalue weighted by molar-refractivity contribution is 0.578. The minimum atomic E-state index is 0. The highest BCUT2D eigenvalue weighted by molar-refractivity contribution is 5.85. The first-order chi connectivity index (χ1) is 13.3. The van der Waals surface area contributed by atoms with E-state index in [9.17, 15) is 0 Å². The first-order valence-electron chi connectivity index (χ1n) is 10.5. The molecule has 160 valence electrons. The fourth-order valence-corrected chi connectivity index (χ4v) is 4.11. The lowest BCUT2D eigenvalue weighted by Crippen LogP contribution is -2.29. The fourth-order valence-electron chi connectivity index (χ4n) is 4.11. The van der Waals surface area contributed by atoms with Crippen LogP contribution < -0.4 is 15.1 Å². The summed E-state index contributed by atoms with van der Waals surface area (Å²) >= 11 is 0. The monoisotopic (exact) mass is 437 g/mol. The van der Waals surface area contributed by atoms with E-state index in [1.807, 2.05) is 6.92 Å². The lowest BCUT2D eigenvalue weighted by Gasteiger charge is -2.28. The molecule has 0 aliphatic carbocycles. The Bertz CT molecular complexity index is 739. The summed E-state index contributed by atoms with van der Waals surface area (Å²) in [5, 5.41) is 3.40. The molecule has 0 spiro atoms. The van der Waals surface area contributed by atoms with Crippen LogP contribution in [0.1, 0.15) is 50.6 Å². The zero-order chi connectivity index (χ0) is 18.5. The Morgan fingerprint density at radius 1 is 0.724 bits per heavy atom. The summed E-state index contributed by atoms with van der Waals surface area (Å²) < 4.78 is 0. The van der Waals surface area contributed by atoms with E-state index in [1.54, 1.807) is 0 Å². The van der Waals surface area contributed by atoms with Crippen molar-refractivity contribution in [1.29, 1.82) is 0 Å². The number of hydrogen-bond acceptors (Lipinski definition) is 5. The van der Waals surface area contributed by atoms with Crippen LogP contribution in [-0.4, -0.2) is 36.1 Å². The SMILES string of the molecule is Cc1cc(N2CCCCCC2)nc(Nc2ccc(N3CCCCC3)cc2)n1.Cl.Cl. The topological polar surface area (TPSA) is 44.3 Å². The molecular formula is C22H33Cl2N5. The van der Waals surface area contributed by atoms with Gasteiger partial charge in [0.2, 0.25) is 5.95 Å². The van der Waals surface area contributed by atoms with Crippen molar-refractivity contribution in [3.8, 4) is 0 Å². The number of rotatable bonds is 4. The predicted octanol–water partition coefficient (Wildman–Crippen LogP) is 5.74. The number of aromatic nitrogens is 2. The maximum absolute atomic E-state index is 4.80. The summed E-state index contributed by atoms with van der Waals surface area (Å²) in [5.41, 5.74) is 3.37. The molecule has 3 heterocycles. The Kier molecular flexibility index (Phi) is 9.31. The van der Waals surface area contributed by atoms with Crippen LogP contribution in [0, 0.1) is 6.92 Å². The van der Waals surface area contributed by atoms with Crippen LogP contribution in [0.15, 0.2) is 30.3 Å². The van der Waals surface area contributed by atoms with Crippen molar-refractivity contribution >= 4 is 48.0 Å². The van der Waals surface area contributed by atoms with Crippen LogP contribution >= 0.6 is 24.8 Å². The van der Waals surface area contributed by atoms with E-state index in [2.05, 4.69) is 50.4 Å². The molecule has 2 fully saturated rings. The van der Waals surface area contributed by atoms with Crippen LogP contribution in [0.5, 0.6) is 0 Å². The number of piperidine rings is 1. The normalized spacial score (nSPS) is 17.0. The van der Waals surface area contributed by atoms with Crippen molar-refractivity contribution in [3.05, 3.63) is 36.0 Å². The molecule has 1 N–H and O–H groups in total. The standard InChI is InChI=1S/C22H31N5.2ClH/c1-18-17-21(27-15-5-2-3-6-16-27)25-22(23-18)24-19-9-11-20(12-10-19)26-13-7-4-8-14-26;;/h9-12,17H,2-8,13-16H2,1H3,(H,23,24,25);2*1H. The van der Waals surface area contributed by atoms with Gasteiger partial charge in [0.05, 0.1) is 0 Å². The van der Waals surface area contributed by atoms with Gasteiger partial charge < -0.3 is 15.1 Å². The molecule has 0 bridgehead atoms. The van der Waals surface area contributed by atoms with Crippen molar-refractivity contribution in [3.63, 3.8) is 0 Å². The average Bonchev–Trinajstić information content (AvgIpc) is 2.98. The molecular weight excluding hydrogens is 405 g/mol. The van der Waals surface area contributed by atoms with Gasteiger partial charge in [-0.2, -0.15) is 4.98 Å². The molecule has 1 aromatic heterocycles. The third-order valence-electron chi connectivity index (χ3n) is 5.62. The molecule has 29 heavy (non-hydrogen) atoms. The lowest BCUT2D eigenvalue weighted by atomic mass is 10.1. The summed E-state index contributed by atoms with van der Waals surface area (Å²) in [6.07, 6.45) is 9.13. The quantitative estimate of drug-likeness (QED) is 0.659. The van der Waals surface area contributed by atoms with Crippen molar-refractivity contribution in [1.82, 2.24) is 9.97 Å². The average molecular weight is 438 g/mol. The molecule has 0 unspecified atom stereocenters. The van der Waals surface area contributed by atoms with Crippen molar-refractivity contribution in [2.45, 2.75) is 51.9 Å². The highest BCUT2D eigenvalue weighted by atomic mass is 35.5. The maximum Gasteiger partial charge on any atom is 0.229 e. The van der Waals surface area contributed by atoms with Crippen molar-refractivity contribution in [2.75, 3.05) is 41.3 Å². The van der Waals surface area contributed by atoms with E-state index >= 15 is 0 Å². The summed E-state index contributed by atoms with van der Waals surface area (Å²) in [7, 11) is 0. The third-order valence-corrected chi connectivity index (χ3v) is 5.62. The molecule has 7 heteroatoms. The number of nitrogens with one attached hydrogen (secondary N) is 1. The summed E-state index contributed by atoms with van der Waals surface area (Å²) in [6, 6.07) is 10.8. The van der Waals surface area contributed by atoms with Gasteiger partial charge in [0.1, 0.15) is 5.82 Å². The highest BCUT2D eigenvalue weighted by Gasteiger charge is 2.14.